The zero-order chi connectivity index (χ0) is 5.82. The third-order valence-electron chi connectivity index (χ3n) is 1.32. The minimum absolute atomic E-state index is 0.389. The third kappa shape index (κ3) is 1.43. The SMILES string of the molecule is CON[C@@H]1CCCN1. The molecule has 0 aromatic rings. The van der Waals surface area contributed by atoms with Gasteiger partial charge in [0.2, 0.25) is 0 Å². The van der Waals surface area contributed by atoms with Crippen LogP contribution in [0, 0.1) is 0 Å². The molecule has 1 heterocycles. The summed E-state index contributed by atoms with van der Waals surface area (Å²) in [5.74, 6) is 0. The first-order valence-electron chi connectivity index (χ1n) is 2.95. The van der Waals surface area contributed by atoms with Crippen molar-refractivity contribution in [1.82, 2.24) is 10.8 Å². The van der Waals surface area contributed by atoms with Crippen LogP contribution in [0.1, 0.15) is 12.8 Å². The summed E-state index contributed by atoms with van der Waals surface area (Å²) in [7, 11) is 1.64. The van der Waals surface area contributed by atoms with Crippen LogP contribution < -0.4 is 10.8 Å². The fraction of sp³-hybridized carbons (Fsp3) is 1.00. The van der Waals surface area contributed by atoms with Gasteiger partial charge in [0.05, 0.1) is 13.3 Å². The topological polar surface area (TPSA) is 33.3 Å². The fourth-order valence-electron chi connectivity index (χ4n) is 0.927. The van der Waals surface area contributed by atoms with Crippen LogP contribution >= 0.6 is 0 Å². The van der Waals surface area contributed by atoms with E-state index in [-0.39, 0.29) is 0 Å². The highest BCUT2D eigenvalue weighted by Crippen LogP contribution is 2.00. The van der Waals surface area contributed by atoms with Crippen LogP contribution in [0.5, 0.6) is 0 Å². The molecule has 1 saturated heterocycles. The summed E-state index contributed by atoms with van der Waals surface area (Å²) >= 11 is 0. The normalized spacial score (nSPS) is 28.9. The Morgan fingerprint density at radius 1 is 1.75 bits per heavy atom. The monoisotopic (exact) mass is 116 g/mol. The van der Waals surface area contributed by atoms with Crippen LogP contribution in [-0.4, -0.2) is 19.8 Å². The molecule has 0 aliphatic carbocycles. The Balaban J connectivity index is 2.06. The first kappa shape index (κ1) is 6.01. The number of hydroxylamine groups is 1. The van der Waals surface area contributed by atoms with Crippen molar-refractivity contribution >= 4 is 0 Å². The first-order valence-corrected chi connectivity index (χ1v) is 2.95. The highest BCUT2D eigenvalue weighted by molar-refractivity contribution is 4.67. The molecule has 0 unspecified atom stereocenters. The molecule has 0 aromatic carbocycles. The van der Waals surface area contributed by atoms with Crippen LogP contribution in [0.15, 0.2) is 0 Å². The van der Waals surface area contributed by atoms with Crippen molar-refractivity contribution in [2.75, 3.05) is 13.7 Å². The lowest BCUT2D eigenvalue weighted by molar-refractivity contribution is 0.0563. The summed E-state index contributed by atoms with van der Waals surface area (Å²) in [5.41, 5.74) is 2.83. The third-order valence-corrected chi connectivity index (χ3v) is 1.32. The minimum atomic E-state index is 0.389. The average Bonchev–Trinajstić information content (AvgIpc) is 2.19. The molecule has 48 valence electrons. The molecule has 0 bridgehead atoms. The van der Waals surface area contributed by atoms with Gasteiger partial charge < -0.3 is 10.2 Å². The summed E-state index contributed by atoms with van der Waals surface area (Å²) in [6, 6.07) is 0. The predicted octanol–water partition coefficient (Wildman–Crippen LogP) is -0.153. The molecule has 8 heavy (non-hydrogen) atoms. The van der Waals surface area contributed by atoms with Crippen LogP contribution in [0.4, 0.5) is 0 Å². The summed E-state index contributed by atoms with van der Waals surface area (Å²) in [4.78, 5) is 4.71. The molecule has 0 amide bonds. The smallest absolute Gasteiger partial charge is 0.0812 e. The van der Waals surface area contributed by atoms with Gasteiger partial charge in [0.1, 0.15) is 0 Å². The van der Waals surface area contributed by atoms with E-state index in [0.29, 0.717) is 6.17 Å². The number of hydrogen-bond acceptors (Lipinski definition) is 3. The van der Waals surface area contributed by atoms with E-state index in [4.69, 9.17) is 4.84 Å². The van der Waals surface area contributed by atoms with E-state index in [9.17, 15) is 0 Å². The molecule has 0 spiro atoms. The van der Waals surface area contributed by atoms with E-state index < -0.39 is 0 Å². The lowest BCUT2D eigenvalue weighted by Gasteiger charge is -2.08. The Morgan fingerprint density at radius 2 is 2.62 bits per heavy atom. The van der Waals surface area contributed by atoms with E-state index in [0.717, 1.165) is 6.54 Å². The van der Waals surface area contributed by atoms with Crippen molar-refractivity contribution in [3.8, 4) is 0 Å². The second-order valence-electron chi connectivity index (χ2n) is 1.97. The second-order valence-corrected chi connectivity index (χ2v) is 1.97. The zero-order valence-corrected chi connectivity index (χ0v) is 5.11. The van der Waals surface area contributed by atoms with Crippen LogP contribution in [0.3, 0.4) is 0 Å². The van der Waals surface area contributed by atoms with Gasteiger partial charge >= 0.3 is 0 Å². The summed E-state index contributed by atoms with van der Waals surface area (Å²) < 4.78 is 0. The maximum absolute atomic E-state index is 4.71. The molecule has 0 aromatic heterocycles. The van der Waals surface area contributed by atoms with Crippen LogP contribution in [0.25, 0.3) is 0 Å². The molecule has 1 aliphatic rings. The van der Waals surface area contributed by atoms with Gasteiger partial charge in [-0.05, 0) is 19.4 Å². The molecule has 1 aliphatic heterocycles. The summed E-state index contributed by atoms with van der Waals surface area (Å²) in [6.45, 7) is 1.11. The molecule has 0 radical (unpaired) electrons. The lowest BCUT2D eigenvalue weighted by atomic mass is 10.3. The molecule has 1 fully saturated rings. The molecular weight excluding hydrogens is 104 g/mol. The molecule has 1 rings (SSSR count). The van der Waals surface area contributed by atoms with E-state index in [1.54, 1.807) is 7.11 Å². The first-order chi connectivity index (χ1) is 3.93. The van der Waals surface area contributed by atoms with Gasteiger partial charge in [0, 0.05) is 0 Å². The molecule has 3 heteroatoms. The number of rotatable bonds is 2. The van der Waals surface area contributed by atoms with Gasteiger partial charge in [-0.25, -0.2) is 0 Å². The molecule has 3 nitrogen and oxygen atoms in total. The second kappa shape index (κ2) is 3.02. The van der Waals surface area contributed by atoms with Crippen LogP contribution in [-0.2, 0) is 4.84 Å². The average molecular weight is 116 g/mol. The molecule has 2 N–H and O–H groups in total. The fourth-order valence-corrected chi connectivity index (χ4v) is 0.927. The Bertz CT molecular complexity index is 61.4. The molecular formula is C5H12N2O. The largest absolute Gasteiger partial charge is 0.304 e. The van der Waals surface area contributed by atoms with Gasteiger partial charge in [-0.15, -0.1) is 0 Å². The molecule has 0 saturated carbocycles. The van der Waals surface area contributed by atoms with Crippen molar-refractivity contribution < 1.29 is 4.84 Å². The number of hydrogen-bond donors (Lipinski definition) is 2. The van der Waals surface area contributed by atoms with Crippen molar-refractivity contribution in [3.05, 3.63) is 0 Å². The predicted molar refractivity (Wildman–Crippen MR) is 31.2 cm³/mol. The van der Waals surface area contributed by atoms with E-state index >= 15 is 0 Å². The van der Waals surface area contributed by atoms with Gasteiger partial charge in [-0.3, -0.25) is 0 Å². The standard InChI is InChI=1S/C5H12N2O/c1-8-7-5-3-2-4-6-5/h5-7H,2-4H2,1H3/t5-/m1/s1. The maximum atomic E-state index is 4.71. The minimum Gasteiger partial charge on any atom is -0.304 e. The van der Waals surface area contributed by atoms with Gasteiger partial charge in [-0.2, -0.15) is 5.48 Å². The quantitative estimate of drug-likeness (QED) is 0.492. The van der Waals surface area contributed by atoms with Gasteiger partial charge in [0.25, 0.3) is 0 Å². The highest BCUT2D eigenvalue weighted by atomic mass is 16.6. The van der Waals surface area contributed by atoms with Crippen LogP contribution in [0.2, 0.25) is 0 Å². The Kier molecular flexibility index (Phi) is 2.27. The molecule has 1 atom stereocenters. The number of nitrogens with one attached hydrogen (secondary N) is 2. The van der Waals surface area contributed by atoms with Gasteiger partial charge in [0.15, 0.2) is 0 Å². The Morgan fingerprint density at radius 3 is 3.12 bits per heavy atom. The van der Waals surface area contributed by atoms with Crippen molar-refractivity contribution in [2.24, 2.45) is 0 Å². The lowest BCUT2D eigenvalue weighted by Crippen LogP contribution is -2.36. The highest BCUT2D eigenvalue weighted by Gasteiger charge is 2.11. The van der Waals surface area contributed by atoms with Crippen molar-refractivity contribution in [1.29, 1.82) is 0 Å². The summed E-state index contributed by atoms with van der Waals surface area (Å²) in [5, 5.41) is 3.22. The summed E-state index contributed by atoms with van der Waals surface area (Å²) in [6.07, 6.45) is 2.81. The van der Waals surface area contributed by atoms with E-state index in [2.05, 4.69) is 10.8 Å². The zero-order valence-electron chi connectivity index (χ0n) is 5.11. The van der Waals surface area contributed by atoms with Crippen molar-refractivity contribution in [2.45, 2.75) is 19.0 Å². The van der Waals surface area contributed by atoms with Gasteiger partial charge in [-0.1, -0.05) is 0 Å². The van der Waals surface area contributed by atoms with Crippen molar-refractivity contribution in [3.63, 3.8) is 0 Å². The van der Waals surface area contributed by atoms with E-state index in [1.165, 1.54) is 12.8 Å². The van der Waals surface area contributed by atoms with E-state index in [1.807, 2.05) is 0 Å². The Hall–Kier alpha value is -0.120. The maximum Gasteiger partial charge on any atom is 0.0812 e. The Labute approximate surface area is 49.4 Å².